The van der Waals surface area contributed by atoms with Gasteiger partial charge < -0.3 is 14.6 Å². The molecule has 0 bridgehead atoms. The quantitative estimate of drug-likeness (QED) is 0.866. The first-order valence-electron chi connectivity index (χ1n) is 8.06. The lowest BCUT2D eigenvalue weighted by molar-refractivity contribution is 0.0425. The molecule has 7 nitrogen and oxygen atoms in total. The molecule has 1 heterocycles. The highest BCUT2D eigenvalue weighted by atomic mass is 16.6. The number of carbonyl (C=O) groups excluding carboxylic acids is 2. The number of aliphatic hydroxyl groups is 1. The van der Waals surface area contributed by atoms with E-state index in [0.29, 0.717) is 0 Å². The number of nitrogens with zero attached hydrogens (tertiary/aromatic N) is 2. The summed E-state index contributed by atoms with van der Waals surface area (Å²) in [6, 6.07) is 3.07. The first-order chi connectivity index (χ1) is 11.1. The zero-order chi connectivity index (χ0) is 19.6. The molecule has 0 atom stereocenters. The third-order valence-corrected chi connectivity index (χ3v) is 2.76. The highest BCUT2D eigenvalue weighted by Crippen LogP contribution is 2.30. The number of pyridine rings is 1. The van der Waals surface area contributed by atoms with Crippen LogP contribution in [-0.2, 0) is 15.1 Å². The van der Waals surface area contributed by atoms with E-state index >= 15 is 0 Å². The molecule has 0 spiro atoms. The largest absolute Gasteiger partial charge is 0.443 e. The molecule has 1 aromatic heterocycles. The summed E-state index contributed by atoms with van der Waals surface area (Å²) in [4.78, 5) is 30.2. The van der Waals surface area contributed by atoms with Crippen LogP contribution >= 0.6 is 0 Å². The molecule has 0 aliphatic heterocycles. The molecule has 0 aromatic carbocycles. The zero-order valence-corrected chi connectivity index (χ0v) is 16.2. The van der Waals surface area contributed by atoms with E-state index in [1.165, 1.54) is 26.1 Å². The molecule has 0 fully saturated rings. The molecule has 0 saturated heterocycles. The van der Waals surface area contributed by atoms with E-state index < -0.39 is 29.0 Å². The molecule has 7 heteroatoms. The monoisotopic (exact) mass is 352 g/mol. The van der Waals surface area contributed by atoms with Crippen LogP contribution in [0.2, 0.25) is 0 Å². The number of aromatic nitrogens is 1. The average Bonchev–Trinajstić information content (AvgIpc) is 2.33. The number of hydrogen-bond donors (Lipinski definition) is 1. The molecular formula is C18H28N2O5. The maximum absolute atomic E-state index is 12.7. The number of rotatable bonds is 2. The van der Waals surface area contributed by atoms with E-state index in [-0.39, 0.29) is 11.4 Å². The Morgan fingerprint density at radius 3 is 1.76 bits per heavy atom. The van der Waals surface area contributed by atoms with Crippen molar-refractivity contribution in [3.8, 4) is 0 Å². The topological polar surface area (TPSA) is 89.0 Å². The third kappa shape index (κ3) is 6.34. The Labute approximate surface area is 148 Å². The lowest BCUT2D eigenvalue weighted by Crippen LogP contribution is -2.45. The van der Waals surface area contributed by atoms with Gasteiger partial charge in [-0.05, 0) is 67.5 Å². The molecule has 25 heavy (non-hydrogen) atoms. The lowest BCUT2D eigenvalue weighted by Gasteiger charge is -2.30. The Balaban J connectivity index is 3.43. The van der Waals surface area contributed by atoms with Gasteiger partial charge in [0.25, 0.3) is 0 Å². The van der Waals surface area contributed by atoms with Gasteiger partial charge in [0.2, 0.25) is 0 Å². The first kappa shape index (κ1) is 20.9. The number of hydrogen-bond acceptors (Lipinski definition) is 6. The van der Waals surface area contributed by atoms with Gasteiger partial charge >= 0.3 is 12.2 Å². The zero-order valence-electron chi connectivity index (χ0n) is 16.2. The van der Waals surface area contributed by atoms with Crippen LogP contribution in [0, 0.1) is 0 Å². The Morgan fingerprint density at radius 1 is 0.960 bits per heavy atom. The van der Waals surface area contributed by atoms with Gasteiger partial charge in [-0.15, -0.1) is 0 Å². The second-order valence-electron chi connectivity index (χ2n) is 8.23. The Hall–Kier alpha value is -2.15. The van der Waals surface area contributed by atoms with E-state index in [4.69, 9.17) is 9.47 Å². The van der Waals surface area contributed by atoms with Gasteiger partial charge in [0.15, 0.2) is 0 Å². The summed E-state index contributed by atoms with van der Waals surface area (Å²) in [5, 5.41) is 10.4. The van der Waals surface area contributed by atoms with Gasteiger partial charge in [-0.1, -0.05) is 0 Å². The maximum Gasteiger partial charge on any atom is 0.424 e. The average molecular weight is 352 g/mol. The minimum atomic E-state index is -1.38. The van der Waals surface area contributed by atoms with E-state index in [1.54, 1.807) is 47.6 Å². The van der Waals surface area contributed by atoms with Crippen molar-refractivity contribution in [3.05, 3.63) is 24.0 Å². The summed E-state index contributed by atoms with van der Waals surface area (Å²) in [5.74, 6) is 0. The molecule has 1 aromatic rings. The van der Waals surface area contributed by atoms with Crippen LogP contribution in [0.3, 0.4) is 0 Å². The van der Waals surface area contributed by atoms with Gasteiger partial charge in [-0.25, -0.2) is 9.59 Å². The third-order valence-electron chi connectivity index (χ3n) is 2.76. The van der Waals surface area contributed by atoms with Gasteiger partial charge in [0, 0.05) is 6.20 Å². The molecule has 2 amide bonds. The van der Waals surface area contributed by atoms with Crippen LogP contribution in [-0.4, -0.2) is 33.5 Å². The van der Waals surface area contributed by atoms with Crippen molar-refractivity contribution in [2.24, 2.45) is 0 Å². The molecule has 140 valence electrons. The van der Waals surface area contributed by atoms with Crippen molar-refractivity contribution < 1.29 is 24.2 Å². The molecule has 1 rings (SSSR count). The molecule has 0 unspecified atom stereocenters. The van der Waals surface area contributed by atoms with E-state index in [9.17, 15) is 14.7 Å². The van der Waals surface area contributed by atoms with Crippen molar-refractivity contribution in [3.63, 3.8) is 0 Å². The molecule has 1 N–H and O–H groups in total. The number of imide groups is 1. The van der Waals surface area contributed by atoms with Crippen molar-refractivity contribution in [2.45, 2.75) is 72.2 Å². The molecule has 0 aliphatic carbocycles. The second kappa shape index (κ2) is 7.00. The smallest absolute Gasteiger partial charge is 0.424 e. The summed E-state index contributed by atoms with van der Waals surface area (Å²) in [5.41, 5.74) is -2.73. The molecule has 0 aliphatic rings. The molecule has 0 radical (unpaired) electrons. The van der Waals surface area contributed by atoms with Crippen LogP contribution in [0.1, 0.15) is 61.1 Å². The van der Waals surface area contributed by atoms with E-state index in [0.717, 1.165) is 4.90 Å². The number of ether oxygens (including phenoxy) is 2. The van der Waals surface area contributed by atoms with Gasteiger partial charge in [-0.2, -0.15) is 4.90 Å². The Kier molecular flexibility index (Phi) is 5.85. The number of carbonyl (C=O) groups is 2. The van der Waals surface area contributed by atoms with E-state index in [2.05, 4.69) is 4.98 Å². The Bertz CT molecular complexity index is 608. The standard InChI is InChI=1S/C18H28N2O5/c1-16(2,3)24-14(21)20(15(22)25-17(4,5)6)12-10-9-11-19-13(12)18(7,8)23/h9-11,23H,1-8H3. The van der Waals surface area contributed by atoms with Crippen molar-refractivity contribution >= 4 is 17.9 Å². The summed E-state index contributed by atoms with van der Waals surface area (Å²) >= 11 is 0. The second-order valence-corrected chi connectivity index (χ2v) is 8.23. The SMILES string of the molecule is CC(C)(C)OC(=O)N(C(=O)OC(C)(C)C)c1cccnc1C(C)(C)O. The number of anilines is 1. The summed E-state index contributed by atoms with van der Waals surface area (Å²) in [7, 11) is 0. The lowest BCUT2D eigenvalue weighted by atomic mass is 10.0. The minimum absolute atomic E-state index is 0.110. The van der Waals surface area contributed by atoms with Gasteiger partial charge in [-0.3, -0.25) is 4.98 Å². The molecule has 0 saturated carbocycles. The summed E-state index contributed by atoms with van der Waals surface area (Å²) in [6.07, 6.45) is -0.334. The Morgan fingerprint density at radius 2 is 1.40 bits per heavy atom. The van der Waals surface area contributed by atoms with Crippen molar-refractivity contribution in [1.29, 1.82) is 0 Å². The normalized spacial score (nSPS) is 12.5. The number of amides is 2. The minimum Gasteiger partial charge on any atom is -0.443 e. The van der Waals surface area contributed by atoms with Crippen LogP contribution in [0.25, 0.3) is 0 Å². The molecular weight excluding hydrogens is 324 g/mol. The fourth-order valence-corrected chi connectivity index (χ4v) is 1.94. The van der Waals surface area contributed by atoms with Gasteiger partial charge in [0.05, 0.1) is 11.4 Å². The van der Waals surface area contributed by atoms with E-state index in [1.807, 2.05) is 0 Å². The summed E-state index contributed by atoms with van der Waals surface area (Å²) in [6.45, 7) is 13.2. The fourth-order valence-electron chi connectivity index (χ4n) is 1.94. The van der Waals surface area contributed by atoms with Crippen molar-refractivity contribution in [2.75, 3.05) is 4.90 Å². The summed E-state index contributed by atoms with van der Waals surface area (Å²) < 4.78 is 10.7. The van der Waals surface area contributed by atoms with Crippen LogP contribution < -0.4 is 4.90 Å². The predicted octanol–water partition coefficient (Wildman–Crippen LogP) is 3.99. The highest BCUT2D eigenvalue weighted by Gasteiger charge is 2.36. The fraction of sp³-hybridized carbons (Fsp3) is 0.611. The van der Waals surface area contributed by atoms with Crippen LogP contribution in [0.5, 0.6) is 0 Å². The van der Waals surface area contributed by atoms with Crippen molar-refractivity contribution in [1.82, 2.24) is 4.98 Å². The maximum atomic E-state index is 12.7. The van der Waals surface area contributed by atoms with Crippen LogP contribution in [0.15, 0.2) is 18.3 Å². The van der Waals surface area contributed by atoms with Gasteiger partial charge in [0.1, 0.15) is 16.8 Å². The first-order valence-corrected chi connectivity index (χ1v) is 8.06. The van der Waals surface area contributed by atoms with Crippen LogP contribution in [0.4, 0.5) is 15.3 Å². The highest BCUT2D eigenvalue weighted by molar-refractivity contribution is 6.10. The predicted molar refractivity (Wildman–Crippen MR) is 94.4 cm³/mol.